The smallest absolute Gasteiger partial charge is 0.259 e. The number of hydrogen-bond acceptors (Lipinski definition) is 2. The molecule has 0 bridgehead atoms. The van der Waals surface area contributed by atoms with E-state index in [-0.39, 0.29) is 5.41 Å². The van der Waals surface area contributed by atoms with Crippen LogP contribution in [0.1, 0.15) is 82.8 Å². The second kappa shape index (κ2) is 8.87. The lowest BCUT2D eigenvalue weighted by Gasteiger charge is -2.27. The predicted octanol–water partition coefficient (Wildman–Crippen LogP) is 5.54. The van der Waals surface area contributed by atoms with Gasteiger partial charge in [-0.15, -0.1) is 0 Å². The van der Waals surface area contributed by atoms with Crippen molar-refractivity contribution in [3.63, 3.8) is 0 Å². The standard InChI is InChI=1S/C21H35BN2O/c1-6-8-10-22(11-9-7-2)24-15-18(16-25)12-19(24)13-20-21(4,5)14-17(3)23-20/h12,15-16,20H,6-11,13-14H2,1-5H3. The van der Waals surface area contributed by atoms with Gasteiger partial charge >= 0.3 is 0 Å². The molecular formula is C21H35BN2O. The lowest BCUT2D eigenvalue weighted by atomic mass is 9.54. The van der Waals surface area contributed by atoms with Crippen LogP contribution in [0.5, 0.6) is 0 Å². The van der Waals surface area contributed by atoms with Crippen LogP contribution in [-0.4, -0.2) is 29.4 Å². The summed E-state index contributed by atoms with van der Waals surface area (Å²) in [4.78, 5) is 16.3. The molecule has 0 fully saturated rings. The first-order chi connectivity index (χ1) is 11.9. The Morgan fingerprint density at radius 3 is 2.40 bits per heavy atom. The largest absolute Gasteiger partial charge is 0.395 e. The molecule has 1 unspecified atom stereocenters. The summed E-state index contributed by atoms with van der Waals surface area (Å²) in [6.07, 6.45) is 12.4. The second-order valence-corrected chi connectivity index (χ2v) is 8.48. The third-order valence-corrected chi connectivity index (χ3v) is 5.66. The van der Waals surface area contributed by atoms with Crippen LogP contribution in [0.25, 0.3) is 0 Å². The average molecular weight is 342 g/mol. The minimum atomic E-state index is 0.211. The summed E-state index contributed by atoms with van der Waals surface area (Å²) < 4.78 is 2.41. The summed E-state index contributed by atoms with van der Waals surface area (Å²) in [5.74, 6) is 0. The van der Waals surface area contributed by atoms with Crippen molar-refractivity contribution in [1.82, 2.24) is 4.48 Å². The molecule has 0 aromatic carbocycles. The zero-order valence-electron chi connectivity index (χ0n) is 16.8. The van der Waals surface area contributed by atoms with Gasteiger partial charge in [0.05, 0.1) is 6.04 Å². The first-order valence-corrected chi connectivity index (χ1v) is 10.1. The number of nitrogens with zero attached hydrogens (tertiary/aromatic N) is 2. The van der Waals surface area contributed by atoms with E-state index in [9.17, 15) is 4.79 Å². The van der Waals surface area contributed by atoms with Crippen molar-refractivity contribution >= 4 is 18.8 Å². The summed E-state index contributed by atoms with van der Waals surface area (Å²) in [7, 11) is 0. The van der Waals surface area contributed by atoms with Crippen LogP contribution in [0.2, 0.25) is 12.6 Å². The molecule has 0 aliphatic carbocycles. The topological polar surface area (TPSA) is 34.4 Å². The second-order valence-electron chi connectivity index (χ2n) is 8.48. The molecule has 0 amide bonds. The van der Waals surface area contributed by atoms with Crippen LogP contribution >= 0.6 is 0 Å². The van der Waals surface area contributed by atoms with Crippen LogP contribution in [0.3, 0.4) is 0 Å². The summed E-state index contributed by atoms with van der Waals surface area (Å²) in [5, 5.41) is 0. The molecule has 1 atom stereocenters. The molecule has 2 heterocycles. The van der Waals surface area contributed by atoms with E-state index in [1.54, 1.807) is 0 Å². The van der Waals surface area contributed by atoms with Gasteiger partial charge < -0.3 is 4.48 Å². The molecule has 0 spiro atoms. The summed E-state index contributed by atoms with van der Waals surface area (Å²) in [6.45, 7) is 11.8. The van der Waals surface area contributed by atoms with Gasteiger partial charge in [0, 0.05) is 29.6 Å². The number of carbonyl (C=O) groups excluding carboxylic acids is 1. The molecule has 4 heteroatoms. The Labute approximate surface area is 154 Å². The van der Waals surface area contributed by atoms with E-state index in [2.05, 4.69) is 51.4 Å². The van der Waals surface area contributed by atoms with Crippen molar-refractivity contribution in [2.24, 2.45) is 10.4 Å². The van der Waals surface area contributed by atoms with Crippen LogP contribution < -0.4 is 0 Å². The Bertz CT molecular complexity index is 595. The van der Waals surface area contributed by atoms with Gasteiger partial charge in [0.25, 0.3) is 6.85 Å². The van der Waals surface area contributed by atoms with E-state index >= 15 is 0 Å². The van der Waals surface area contributed by atoms with Gasteiger partial charge in [-0.1, -0.05) is 66.0 Å². The SMILES string of the molecule is CCCCB(CCCC)n1cc(C=O)cc1CC1N=C(C)CC1(C)C. The minimum absolute atomic E-state index is 0.211. The fourth-order valence-corrected chi connectivity index (χ4v) is 4.20. The van der Waals surface area contributed by atoms with Crippen molar-refractivity contribution < 1.29 is 4.79 Å². The maximum Gasteiger partial charge on any atom is 0.259 e. The van der Waals surface area contributed by atoms with Crippen molar-refractivity contribution in [1.29, 1.82) is 0 Å². The van der Waals surface area contributed by atoms with E-state index in [0.29, 0.717) is 12.9 Å². The highest BCUT2D eigenvalue weighted by Crippen LogP contribution is 2.36. The molecule has 138 valence electrons. The van der Waals surface area contributed by atoms with Crippen LogP contribution in [0.4, 0.5) is 0 Å². The molecule has 0 saturated carbocycles. The maximum absolute atomic E-state index is 11.4. The molecule has 3 nitrogen and oxygen atoms in total. The first kappa shape index (κ1) is 20.0. The Morgan fingerprint density at radius 1 is 1.28 bits per heavy atom. The molecule has 0 N–H and O–H groups in total. The van der Waals surface area contributed by atoms with E-state index in [4.69, 9.17) is 4.99 Å². The lowest BCUT2D eigenvalue weighted by Crippen LogP contribution is -2.30. The summed E-state index contributed by atoms with van der Waals surface area (Å²) in [6, 6.07) is 2.41. The van der Waals surface area contributed by atoms with Crippen LogP contribution in [0, 0.1) is 5.41 Å². The molecule has 1 aromatic heterocycles. The van der Waals surface area contributed by atoms with Crippen molar-refractivity contribution in [2.45, 2.75) is 91.8 Å². The maximum atomic E-state index is 11.4. The fourth-order valence-electron chi connectivity index (χ4n) is 4.20. The highest BCUT2D eigenvalue weighted by Gasteiger charge is 2.35. The Hall–Kier alpha value is -1.32. The molecule has 1 aliphatic heterocycles. The average Bonchev–Trinajstić information content (AvgIpc) is 3.08. The first-order valence-electron chi connectivity index (χ1n) is 10.1. The van der Waals surface area contributed by atoms with Gasteiger partial charge in [0.2, 0.25) is 0 Å². The van der Waals surface area contributed by atoms with Gasteiger partial charge in [-0.3, -0.25) is 9.79 Å². The summed E-state index contributed by atoms with van der Waals surface area (Å²) >= 11 is 0. The number of unbranched alkanes of at least 4 members (excludes halogenated alkanes) is 2. The molecule has 1 aromatic rings. The highest BCUT2D eigenvalue weighted by molar-refractivity contribution is 6.57. The molecule has 0 saturated heterocycles. The molecule has 1 aliphatic rings. The lowest BCUT2D eigenvalue weighted by molar-refractivity contribution is 0.112. The van der Waals surface area contributed by atoms with Crippen LogP contribution in [-0.2, 0) is 6.42 Å². The predicted molar refractivity (Wildman–Crippen MR) is 109 cm³/mol. The molecule has 25 heavy (non-hydrogen) atoms. The van der Waals surface area contributed by atoms with Gasteiger partial charge in [-0.05, 0) is 24.8 Å². The van der Waals surface area contributed by atoms with E-state index in [0.717, 1.165) is 24.7 Å². The molecule has 0 radical (unpaired) electrons. The molecule has 2 rings (SSSR count). The Kier molecular flexibility index (Phi) is 7.09. The third-order valence-electron chi connectivity index (χ3n) is 5.66. The van der Waals surface area contributed by atoms with E-state index in [1.165, 1.54) is 49.7 Å². The van der Waals surface area contributed by atoms with Gasteiger partial charge in [0.15, 0.2) is 6.29 Å². The van der Waals surface area contributed by atoms with Gasteiger partial charge in [0.1, 0.15) is 0 Å². The highest BCUT2D eigenvalue weighted by atomic mass is 16.1. The molecular weight excluding hydrogens is 307 g/mol. The number of hydrogen-bond donors (Lipinski definition) is 0. The van der Waals surface area contributed by atoms with Gasteiger partial charge in [-0.25, -0.2) is 0 Å². The number of aromatic nitrogens is 1. The zero-order chi connectivity index (χ0) is 18.4. The monoisotopic (exact) mass is 342 g/mol. The number of aliphatic imine (C=N–C) groups is 1. The Balaban J connectivity index is 2.27. The summed E-state index contributed by atoms with van der Waals surface area (Å²) in [5.41, 5.74) is 3.57. The van der Waals surface area contributed by atoms with E-state index < -0.39 is 0 Å². The van der Waals surface area contributed by atoms with E-state index in [1.807, 2.05) is 0 Å². The van der Waals surface area contributed by atoms with Gasteiger partial charge in [-0.2, -0.15) is 0 Å². The van der Waals surface area contributed by atoms with Crippen LogP contribution in [0.15, 0.2) is 17.3 Å². The number of aldehydes is 1. The number of carbonyl (C=O) groups is 1. The third kappa shape index (κ3) is 5.09. The van der Waals surface area contributed by atoms with Crippen molar-refractivity contribution in [3.05, 3.63) is 23.5 Å². The zero-order valence-corrected chi connectivity index (χ0v) is 16.8. The normalized spacial score (nSPS) is 19.1. The number of rotatable bonds is 10. The fraction of sp³-hybridized carbons (Fsp3) is 0.714. The quantitative estimate of drug-likeness (QED) is 0.406. The Morgan fingerprint density at radius 2 is 1.92 bits per heavy atom. The minimum Gasteiger partial charge on any atom is -0.395 e. The van der Waals surface area contributed by atoms with Crippen molar-refractivity contribution in [3.8, 4) is 0 Å². The van der Waals surface area contributed by atoms with Crippen molar-refractivity contribution in [2.75, 3.05) is 0 Å².